The molecule has 0 radical (unpaired) electrons. The topological polar surface area (TPSA) is 38.3 Å². The highest BCUT2D eigenvalue weighted by Gasteiger charge is 2.37. The summed E-state index contributed by atoms with van der Waals surface area (Å²) in [5.41, 5.74) is -0.526. The normalized spacial score (nSPS) is 11.5. The van der Waals surface area contributed by atoms with Gasteiger partial charge in [-0.3, -0.25) is 10.1 Å². The third-order valence-electron chi connectivity index (χ3n) is 3.11. The highest BCUT2D eigenvalue weighted by Crippen LogP contribution is 2.23. The van der Waals surface area contributed by atoms with Crippen LogP contribution in [0.1, 0.15) is 44.4 Å². The standard InChI is InChI=1S/C14H23NO2S/c1-4-8-14(9-5-2,13(16)17-3)15-11-12-7-6-10-18-12/h6-7,10,15H,4-5,8-9,11H2,1-3H3. The van der Waals surface area contributed by atoms with Gasteiger partial charge in [0.2, 0.25) is 0 Å². The number of methoxy groups -OCH3 is 1. The van der Waals surface area contributed by atoms with Crippen LogP contribution in [0.4, 0.5) is 0 Å². The van der Waals surface area contributed by atoms with Crippen molar-refractivity contribution in [3.8, 4) is 0 Å². The lowest BCUT2D eigenvalue weighted by molar-refractivity contribution is -0.149. The monoisotopic (exact) mass is 269 g/mol. The predicted molar refractivity (Wildman–Crippen MR) is 75.7 cm³/mol. The van der Waals surface area contributed by atoms with Crippen LogP contribution in [0.2, 0.25) is 0 Å². The molecular formula is C14H23NO2S. The van der Waals surface area contributed by atoms with Crippen molar-refractivity contribution in [3.05, 3.63) is 22.4 Å². The highest BCUT2D eigenvalue weighted by molar-refractivity contribution is 7.09. The Labute approximate surface area is 114 Å². The van der Waals surface area contributed by atoms with Crippen LogP contribution in [0.15, 0.2) is 17.5 Å². The van der Waals surface area contributed by atoms with Crippen LogP contribution < -0.4 is 5.32 Å². The number of esters is 1. The first-order chi connectivity index (χ1) is 8.68. The van der Waals surface area contributed by atoms with Gasteiger partial charge in [0.25, 0.3) is 0 Å². The van der Waals surface area contributed by atoms with E-state index < -0.39 is 5.54 Å². The second kappa shape index (κ2) is 7.54. The lowest BCUT2D eigenvalue weighted by Crippen LogP contribution is -2.52. The van der Waals surface area contributed by atoms with Gasteiger partial charge in [0.05, 0.1) is 7.11 Å². The lowest BCUT2D eigenvalue weighted by Gasteiger charge is -2.31. The minimum atomic E-state index is -0.526. The summed E-state index contributed by atoms with van der Waals surface area (Å²) >= 11 is 1.70. The van der Waals surface area contributed by atoms with Gasteiger partial charge in [-0.05, 0) is 24.3 Å². The fraction of sp³-hybridized carbons (Fsp3) is 0.643. The third-order valence-corrected chi connectivity index (χ3v) is 3.99. The van der Waals surface area contributed by atoms with E-state index in [1.807, 2.05) is 6.07 Å². The van der Waals surface area contributed by atoms with E-state index in [-0.39, 0.29) is 5.97 Å². The predicted octanol–water partition coefficient (Wildman–Crippen LogP) is 3.35. The molecule has 0 bridgehead atoms. The average molecular weight is 269 g/mol. The summed E-state index contributed by atoms with van der Waals surface area (Å²) in [6.45, 7) is 4.92. The molecule has 1 rings (SSSR count). The Morgan fingerprint density at radius 3 is 2.50 bits per heavy atom. The first kappa shape index (κ1) is 15.2. The summed E-state index contributed by atoms with van der Waals surface area (Å²) < 4.78 is 4.99. The quantitative estimate of drug-likeness (QED) is 0.736. The van der Waals surface area contributed by atoms with Crippen LogP contribution in [-0.4, -0.2) is 18.6 Å². The van der Waals surface area contributed by atoms with Crippen molar-refractivity contribution in [1.82, 2.24) is 5.32 Å². The molecule has 1 N–H and O–H groups in total. The van der Waals surface area contributed by atoms with E-state index in [0.29, 0.717) is 0 Å². The summed E-state index contributed by atoms with van der Waals surface area (Å²) in [6.07, 6.45) is 3.57. The van der Waals surface area contributed by atoms with Crippen molar-refractivity contribution >= 4 is 17.3 Å². The average Bonchev–Trinajstić information content (AvgIpc) is 2.88. The Morgan fingerprint density at radius 1 is 1.39 bits per heavy atom. The molecule has 3 nitrogen and oxygen atoms in total. The summed E-state index contributed by atoms with van der Waals surface area (Å²) in [7, 11) is 1.47. The molecule has 4 heteroatoms. The number of carbonyl (C=O) groups is 1. The fourth-order valence-corrected chi connectivity index (χ4v) is 2.94. The minimum absolute atomic E-state index is 0.136. The molecule has 0 amide bonds. The molecule has 0 saturated heterocycles. The van der Waals surface area contributed by atoms with Gasteiger partial charge in [0.1, 0.15) is 5.54 Å². The van der Waals surface area contributed by atoms with Crippen LogP contribution in [0.25, 0.3) is 0 Å². The molecule has 0 unspecified atom stereocenters. The Bertz CT molecular complexity index is 343. The van der Waals surface area contributed by atoms with Gasteiger partial charge in [0, 0.05) is 11.4 Å². The molecule has 0 spiro atoms. The van der Waals surface area contributed by atoms with Crippen LogP contribution in [0, 0.1) is 0 Å². The molecule has 0 atom stereocenters. The van der Waals surface area contributed by atoms with E-state index in [9.17, 15) is 4.79 Å². The molecule has 1 aromatic heterocycles. The number of hydrogen-bond donors (Lipinski definition) is 1. The Morgan fingerprint density at radius 2 is 2.06 bits per heavy atom. The van der Waals surface area contributed by atoms with Gasteiger partial charge >= 0.3 is 5.97 Å². The van der Waals surface area contributed by atoms with Crippen LogP contribution in [-0.2, 0) is 16.1 Å². The van der Waals surface area contributed by atoms with Crippen LogP contribution >= 0.6 is 11.3 Å². The molecule has 102 valence electrons. The summed E-state index contributed by atoms with van der Waals surface area (Å²) in [5.74, 6) is -0.136. The van der Waals surface area contributed by atoms with Gasteiger partial charge in [0.15, 0.2) is 0 Å². The maximum Gasteiger partial charge on any atom is 0.326 e. The van der Waals surface area contributed by atoms with Gasteiger partial charge in [-0.2, -0.15) is 0 Å². The maximum atomic E-state index is 12.1. The first-order valence-electron chi connectivity index (χ1n) is 6.54. The van der Waals surface area contributed by atoms with Crippen molar-refractivity contribution < 1.29 is 9.53 Å². The fourth-order valence-electron chi connectivity index (χ4n) is 2.30. The second-order valence-corrected chi connectivity index (χ2v) is 5.54. The van der Waals surface area contributed by atoms with E-state index in [0.717, 1.165) is 32.2 Å². The number of carbonyl (C=O) groups excluding carboxylic acids is 1. The third kappa shape index (κ3) is 3.82. The van der Waals surface area contributed by atoms with Crippen molar-refractivity contribution in [3.63, 3.8) is 0 Å². The highest BCUT2D eigenvalue weighted by atomic mass is 32.1. The number of thiophene rings is 1. The van der Waals surface area contributed by atoms with E-state index in [4.69, 9.17) is 4.74 Å². The second-order valence-electron chi connectivity index (χ2n) is 4.51. The molecule has 1 heterocycles. The van der Waals surface area contributed by atoms with Crippen molar-refractivity contribution in [2.24, 2.45) is 0 Å². The van der Waals surface area contributed by atoms with Crippen molar-refractivity contribution in [2.75, 3.05) is 7.11 Å². The van der Waals surface area contributed by atoms with E-state index in [1.54, 1.807) is 11.3 Å². The SMILES string of the molecule is CCCC(CCC)(NCc1cccs1)C(=O)OC. The molecule has 0 aliphatic heterocycles. The summed E-state index contributed by atoms with van der Waals surface area (Å²) in [6, 6.07) is 4.11. The molecule has 0 aliphatic carbocycles. The molecule has 0 saturated carbocycles. The van der Waals surface area contributed by atoms with E-state index in [1.165, 1.54) is 12.0 Å². The van der Waals surface area contributed by atoms with Crippen molar-refractivity contribution in [2.45, 2.75) is 51.6 Å². The molecular weight excluding hydrogens is 246 g/mol. The van der Waals surface area contributed by atoms with Crippen LogP contribution in [0.5, 0.6) is 0 Å². The van der Waals surface area contributed by atoms with E-state index in [2.05, 4.69) is 30.6 Å². The largest absolute Gasteiger partial charge is 0.468 e. The van der Waals surface area contributed by atoms with Crippen molar-refractivity contribution in [1.29, 1.82) is 0 Å². The van der Waals surface area contributed by atoms with Gasteiger partial charge in [-0.25, -0.2) is 0 Å². The Hall–Kier alpha value is -0.870. The number of rotatable bonds is 8. The van der Waals surface area contributed by atoms with Crippen LogP contribution in [0.3, 0.4) is 0 Å². The van der Waals surface area contributed by atoms with Gasteiger partial charge in [-0.15, -0.1) is 11.3 Å². The number of ether oxygens (including phenoxy) is 1. The molecule has 1 aromatic rings. The lowest BCUT2D eigenvalue weighted by atomic mass is 9.88. The van der Waals surface area contributed by atoms with Gasteiger partial charge in [-0.1, -0.05) is 32.8 Å². The molecule has 0 fully saturated rings. The zero-order valence-corrected chi connectivity index (χ0v) is 12.3. The number of nitrogens with one attached hydrogen (secondary N) is 1. The minimum Gasteiger partial charge on any atom is -0.468 e. The van der Waals surface area contributed by atoms with E-state index >= 15 is 0 Å². The zero-order chi connectivity index (χ0) is 13.4. The summed E-state index contributed by atoms with van der Waals surface area (Å²) in [5, 5.41) is 5.48. The Kier molecular flexibility index (Phi) is 6.36. The summed E-state index contributed by atoms with van der Waals surface area (Å²) in [4.78, 5) is 13.3. The van der Waals surface area contributed by atoms with Gasteiger partial charge < -0.3 is 4.74 Å². The molecule has 0 aromatic carbocycles. The first-order valence-corrected chi connectivity index (χ1v) is 7.42. The smallest absolute Gasteiger partial charge is 0.326 e. The Balaban J connectivity index is 2.76. The maximum absolute atomic E-state index is 12.1. The molecule has 0 aliphatic rings. The number of hydrogen-bond acceptors (Lipinski definition) is 4. The molecule has 18 heavy (non-hydrogen) atoms. The zero-order valence-electron chi connectivity index (χ0n) is 11.5.